The molecule has 0 aromatic carbocycles. The van der Waals surface area contributed by atoms with Gasteiger partial charge in [0, 0.05) is 37.5 Å². The zero-order chi connectivity index (χ0) is 29.0. The third-order valence-electron chi connectivity index (χ3n) is 8.90. The van der Waals surface area contributed by atoms with Crippen molar-refractivity contribution in [1.29, 1.82) is 0 Å². The normalized spacial score (nSPS) is 37.7. The van der Waals surface area contributed by atoms with Crippen molar-refractivity contribution in [2.75, 3.05) is 19.8 Å². The van der Waals surface area contributed by atoms with E-state index in [0.29, 0.717) is 26.1 Å². The summed E-state index contributed by atoms with van der Waals surface area (Å²) in [4.78, 5) is 49.5. The molecule has 4 aliphatic rings. The minimum Gasteiger partial charge on any atom is -0.462 e. The number of rotatable bonds is 7. The van der Waals surface area contributed by atoms with Gasteiger partial charge < -0.3 is 28.8 Å². The van der Waals surface area contributed by atoms with Crippen molar-refractivity contribution in [3.63, 3.8) is 0 Å². The molecule has 1 heterocycles. The van der Waals surface area contributed by atoms with Crippen LogP contribution in [0.2, 0.25) is 0 Å². The summed E-state index contributed by atoms with van der Waals surface area (Å²) in [5.74, 6) is -5.24. The highest BCUT2D eigenvalue weighted by Crippen LogP contribution is 2.69. The molecule has 0 spiro atoms. The summed E-state index contributed by atoms with van der Waals surface area (Å²) in [6.45, 7) is 12.3. The van der Waals surface area contributed by atoms with Gasteiger partial charge in [-0.3, -0.25) is 14.4 Å². The molecule has 1 aliphatic heterocycles. The quantitative estimate of drug-likeness (QED) is 0.287. The third kappa shape index (κ3) is 5.07. The highest BCUT2D eigenvalue weighted by atomic mass is 16.7. The van der Waals surface area contributed by atoms with E-state index >= 15 is 0 Å². The predicted octanol–water partition coefficient (Wildman–Crippen LogP) is 2.66. The number of aliphatic hydroxyl groups is 1. The SMILES string of the molecule is CC(=O)O[C@@H](C)C(=O)OC[C@H]1C(=O)C=C[C@]2(C)[C@H](OC(C)=O)[C@@H]3CC(C)(C)/C(=C/CC4(C)OCCO4)[C@]3(O)[C@H]12. The topological polar surface area (TPSA) is 135 Å². The number of carbonyl (C=O) groups is 4. The number of hydrogen-bond acceptors (Lipinski definition) is 10. The van der Waals surface area contributed by atoms with Gasteiger partial charge in [-0.2, -0.15) is 0 Å². The lowest BCUT2D eigenvalue weighted by Gasteiger charge is -2.45. The van der Waals surface area contributed by atoms with E-state index < -0.39 is 70.1 Å². The van der Waals surface area contributed by atoms with Crippen molar-refractivity contribution in [3.05, 3.63) is 23.8 Å². The van der Waals surface area contributed by atoms with E-state index in [0.717, 1.165) is 5.57 Å². The smallest absolute Gasteiger partial charge is 0.347 e. The van der Waals surface area contributed by atoms with Crippen LogP contribution in [-0.4, -0.2) is 72.2 Å². The Bertz CT molecular complexity index is 1100. The van der Waals surface area contributed by atoms with E-state index in [-0.39, 0.29) is 12.4 Å². The Morgan fingerprint density at radius 3 is 2.36 bits per heavy atom. The standard InChI is InChI=1S/C29H40O10/c1-16(38-17(2)30)25(33)35-15-19-21(32)8-10-27(6)23(19)29(34)20(24(27)39-18(3)31)14-26(4,5)22(29)9-11-28(7)36-12-13-37-28/h8-10,16,19-20,23-24,34H,11-15H2,1-7H3/b22-9-/t16-,19-,20-,23+,24+,27-,29-/m0/s1. The second kappa shape index (κ2) is 10.1. The Morgan fingerprint density at radius 1 is 1.13 bits per heavy atom. The molecule has 0 amide bonds. The van der Waals surface area contributed by atoms with Crippen LogP contribution in [0, 0.1) is 28.6 Å². The van der Waals surface area contributed by atoms with Crippen molar-refractivity contribution in [3.8, 4) is 0 Å². The number of ether oxygens (including phenoxy) is 5. The molecule has 1 saturated heterocycles. The number of hydrogen-bond donors (Lipinski definition) is 1. The van der Waals surface area contributed by atoms with Crippen molar-refractivity contribution in [2.24, 2.45) is 28.6 Å². The first-order chi connectivity index (χ1) is 18.0. The Balaban J connectivity index is 1.76. The van der Waals surface area contributed by atoms with Gasteiger partial charge in [0.05, 0.1) is 24.7 Å². The molecular weight excluding hydrogens is 508 g/mol. The van der Waals surface area contributed by atoms with Gasteiger partial charge in [-0.15, -0.1) is 0 Å². The first-order valence-corrected chi connectivity index (χ1v) is 13.5. The number of esters is 3. The van der Waals surface area contributed by atoms with Crippen LogP contribution in [0.3, 0.4) is 0 Å². The number of carbonyl (C=O) groups excluding carboxylic acids is 4. The van der Waals surface area contributed by atoms with Crippen LogP contribution in [0.25, 0.3) is 0 Å². The maximum absolute atomic E-state index is 13.3. The van der Waals surface area contributed by atoms with E-state index in [1.807, 2.05) is 33.8 Å². The van der Waals surface area contributed by atoms with Crippen LogP contribution in [0.15, 0.2) is 23.8 Å². The zero-order valence-electron chi connectivity index (χ0n) is 23.8. The largest absolute Gasteiger partial charge is 0.462 e. The first-order valence-electron chi connectivity index (χ1n) is 13.5. The first kappa shape index (κ1) is 29.4. The summed E-state index contributed by atoms with van der Waals surface area (Å²) in [5.41, 5.74) is -2.24. The monoisotopic (exact) mass is 548 g/mol. The van der Waals surface area contributed by atoms with Crippen LogP contribution in [0.1, 0.15) is 61.3 Å². The van der Waals surface area contributed by atoms with Crippen molar-refractivity contribution >= 4 is 23.7 Å². The van der Waals surface area contributed by atoms with Gasteiger partial charge in [-0.05, 0) is 37.3 Å². The second-order valence-electron chi connectivity index (χ2n) is 12.3. The van der Waals surface area contributed by atoms with Gasteiger partial charge in [-0.1, -0.05) is 32.9 Å². The lowest BCUT2D eigenvalue weighted by Crippen LogP contribution is -2.52. The lowest BCUT2D eigenvalue weighted by molar-refractivity contribution is -0.168. The average molecular weight is 549 g/mol. The highest BCUT2D eigenvalue weighted by Gasteiger charge is 2.74. The van der Waals surface area contributed by atoms with Crippen LogP contribution in [-0.2, 0) is 42.9 Å². The molecule has 10 heteroatoms. The molecule has 0 bridgehead atoms. The van der Waals surface area contributed by atoms with Crippen molar-refractivity contribution in [2.45, 2.75) is 84.9 Å². The molecule has 0 unspecified atom stereocenters. The van der Waals surface area contributed by atoms with Gasteiger partial charge in [0.1, 0.15) is 12.7 Å². The summed E-state index contributed by atoms with van der Waals surface area (Å²) < 4.78 is 27.9. The Hall–Kier alpha value is -2.56. The molecule has 0 radical (unpaired) electrons. The second-order valence-corrected chi connectivity index (χ2v) is 12.3. The molecular formula is C29H40O10. The van der Waals surface area contributed by atoms with E-state index in [9.17, 15) is 24.3 Å². The maximum atomic E-state index is 13.3. The predicted molar refractivity (Wildman–Crippen MR) is 137 cm³/mol. The molecule has 1 N–H and O–H groups in total. The van der Waals surface area contributed by atoms with E-state index in [2.05, 4.69) is 0 Å². The molecule has 7 atom stereocenters. The molecule has 3 aliphatic carbocycles. The number of fused-ring (bicyclic) bond motifs is 3. The summed E-state index contributed by atoms with van der Waals surface area (Å²) in [6.07, 6.45) is 4.11. The van der Waals surface area contributed by atoms with Gasteiger partial charge in [-0.25, -0.2) is 4.79 Å². The average Bonchev–Trinajstić information content (AvgIpc) is 3.39. The fourth-order valence-corrected chi connectivity index (χ4v) is 7.42. The van der Waals surface area contributed by atoms with Gasteiger partial charge in [0.25, 0.3) is 0 Å². The van der Waals surface area contributed by atoms with Crippen LogP contribution in [0.4, 0.5) is 0 Å². The summed E-state index contributed by atoms with van der Waals surface area (Å²) in [6, 6.07) is 0. The molecule has 0 aromatic rings. The fraction of sp³-hybridized carbons (Fsp3) is 0.724. The van der Waals surface area contributed by atoms with Gasteiger partial charge in [0.2, 0.25) is 0 Å². The fourth-order valence-electron chi connectivity index (χ4n) is 7.42. The Labute approximate surface area is 229 Å². The summed E-state index contributed by atoms with van der Waals surface area (Å²) in [5, 5.41) is 12.8. The summed E-state index contributed by atoms with van der Waals surface area (Å²) in [7, 11) is 0. The van der Waals surface area contributed by atoms with E-state index in [1.165, 1.54) is 26.8 Å². The number of ketones is 1. The van der Waals surface area contributed by atoms with Gasteiger partial charge in [0.15, 0.2) is 17.7 Å². The molecule has 10 nitrogen and oxygen atoms in total. The van der Waals surface area contributed by atoms with Crippen LogP contribution < -0.4 is 0 Å². The molecule has 0 aromatic heterocycles. The molecule has 39 heavy (non-hydrogen) atoms. The highest BCUT2D eigenvalue weighted by molar-refractivity contribution is 5.94. The molecule has 3 fully saturated rings. The van der Waals surface area contributed by atoms with Crippen molar-refractivity contribution < 1.29 is 48.0 Å². The molecule has 216 valence electrons. The van der Waals surface area contributed by atoms with Crippen molar-refractivity contribution in [1.82, 2.24) is 0 Å². The summed E-state index contributed by atoms with van der Waals surface area (Å²) >= 11 is 0. The van der Waals surface area contributed by atoms with E-state index in [4.69, 9.17) is 23.7 Å². The van der Waals surface area contributed by atoms with Crippen LogP contribution in [0.5, 0.6) is 0 Å². The zero-order valence-corrected chi connectivity index (χ0v) is 23.8. The van der Waals surface area contributed by atoms with E-state index in [1.54, 1.807) is 6.08 Å². The molecule has 4 rings (SSSR count). The number of allylic oxidation sites excluding steroid dienone is 1. The Kier molecular flexibility index (Phi) is 7.64. The van der Waals surface area contributed by atoms with Crippen LogP contribution >= 0.6 is 0 Å². The third-order valence-corrected chi connectivity index (χ3v) is 8.90. The maximum Gasteiger partial charge on any atom is 0.347 e. The Morgan fingerprint density at radius 2 is 1.77 bits per heavy atom. The minimum absolute atomic E-state index is 0.306. The molecule has 2 saturated carbocycles. The minimum atomic E-state index is -1.55. The van der Waals surface area contributed by atoms with Gasteiger partial charge >= 0.3 is 17.9 Å². The lowest BCUT2D eigenvalue weighted by atomic mass is 9.60.